The molecule has 2 aromatic heterocycles. The fraction of sp³-hybridized carbons (Fsp3) is 0.185. The Morgan fingerprint density at radius 1 is 1.03 bits per heavy atom. The molecule has 0 saturated carbocycles. The number of aromatic nitrogens is 4. The zero-order valence-electron chi connectivity index (χ0n) is 19.9. The molecule has 0 aliphatic carbocycles. The maximum atomic E-state index is 13.5. The number of ether oxygens (including phenoxy) is 1. The number of hydrogen-bond acceptors (Lipinski definition) is 6. The van der Waals surface area contributed by atoms with Crippen molar-refractivity contribution in [2.75, 3.05) is 13.7 Å². The molecule has 36 heavy (non-hydrogen) atoms. The van der Waals surface area contributed by atoms with Crippen LogP contribution in [-0.4, -0.2) is 44.0 Å². The molecule has 0 radical (unpaired) electrons. The maximum absolute atomic E-state index is 13.5. The summed E-state index contributed by atoms with van der Waals surface area (Å²) in [6, 6.07) is 24.6. The molecule has 2 heterocycles. The first-order valence-corrected chi connectivity index (χ1v) is 12.5. The third-order valence-corrected chi connectivity index (χ3v) is 6.96. The van der Waals surface area contributed by atoms with Gasteiger partial charge in [0.05, 0.1) is 29.0 Å². The molecule has 9 heteroatoms. The van der Waals surface area contributed by atoms with E-state index in [2.05, 4.69) is 15.5 Å². The lowest BCUT2D eigenvalue weighted by Gasteiger charge is -2.14. The third kappa shape index (κ3) is 4.57. The number of para-hydroxylation sites is 1. The highest BCUT2D eigenvalue weighted by Crippen LogP contribution is 2.27. The van der Waals surface area contributed by atoms with Crippen molar-refractivity contribution in [3.8, 4) is 11.4 Å². The van der Waals surface area contributed by atoms with Gasteiger partial charge < -0.3 is 10.1 Å². The molecule has 1 atom stereocenters. The zero-order chi connectivity index (χ0) is 25.1. The molecule has 182 valence electrons. The molecular weight excluding hydrogens is 474 g/mol. The van der Waals surface area contributed by atoms with Gasteiger partial charge in [0.25, 0.3) is 5.56 Å². The minimum Gasteiger partial charge on any atom is -0.497 e. The predicted molar refractivity (Wildman–Crippen MR) is 141 cm³/mol. The number of benzene rings is 3. The fourth-order valence-corrected chi connectivity index (χ4v) is 4.95. The predicted octanol–water partition coefficient (Wildman–Crippen LogP) is 3.88. The van der Waals surface area contributed by atoms with Crippen LogP contribution in [0, 0.1) is 0 Å². The average molecular weight is 500 g/mol. The van der Waals surface area contributed by atoms with Crippen LogP contribution >= 0.6 is 11.8 Å². The number of nitrogens with zero attached hydrogens (tertiary/aromatic N) is 4. The van der Waals surface area contributed by atoms with Gasteiger partial charge in [-0.15, -0.1) is 10.2 Å². The number of nitrogens with one attached hydrogen (secondary N) is 1. The standard InChI is InChI=1S/C27H25N5O3S/c1-18(24(33)28-16-15-19-9-4-3-5-10-19)36-27-30-29-26-31(20-11-8-12-21(17-20)35-2)25(34)22-13-6-7-14-23(22)32(26)27/h3-14,17-18H,15-16H2,1-2H3,(H,28,33). The van der Waals surface area contributed by atoms with Crippen molar-refractivity contribution in [2.45, 2.75) is 23.8 Å². The second kappa shape index (κ2) is 10.2. The number of rotatable bonds is 8. The van der Waals surface area contributed by atoms with Crippen molar-refractivity contribution < 1.29 is 9.53 Å². The SMILES string of the molecule is COc1cccc(-n2c(=O)c3ccccc3n3c(SC(C)C(=O)NCCc4ccccc4)nnc23)c1. The Hall–Kier alpha value is -4.11. The van der Waals surface area contributed by atoms with E-state index in [1.54, 1.807) is 19.2 Å². The van der Waals surface area contributed by atoms with Crippen molar-refractivity contribution in [1.29, 1.82) is 0 Å². The molecular formula is C27H25N5O3S. The minimum absolute atomic E-state index is 0.0851. The Bertz CT molecular complexity index is 1600. The van der Waals surface area contributed by atoms with E-state index in [1.165, 1.54) is 21.9 Å². The maximum Gasteiger partial charge on any atom is 0.267 e. The molecule has 5 aromatic rings. The second-order valence-corrected chi connectivity index (χ2v) is 9.57. The lowest BCUT2D eigenvalue weighted by atomic mass is 10.1. The van der Waals surface area contributed by atoms with Gasteiger partial charge in [-0.05, 0) is 43.2 Å². The molecule has 1 amide bonds. The summed E-state index contributed by atoms with van der Waals surface area (Å²) in [6.45, 7) is 2.39. The van der Waals surface area contributed by atoms with Crippen molar-refractivity contribution in [3.05, 3.63) is 94.8 Å². The van der Waals surface area contributed by atoms with Gasteiger partial charge in [0.1, 0.15) is 5.75 Å². The lowest BCUT2D eigenvalue weighted by Crippen LogP contribution is -2.32. The van der Waals surface area contributed by atoms with Crippen LogP contribution in [-0.2, 0) is 11.2 Å². The number of carbonyl (C=O) groups excluding carboxylic acids is 1. The van der Waals surface area contributed by atoms with Gasteiger partial charge in [-0.2, -0.15) is 0 Å². The number of thioether (sulfide) groups is 1. The summed E-state index contributed by atoms with van der Waals surface area (Å²) in [5.41, 5.74) is 2.26. The van der Waals surface area contributed by atoms with E-state index in [0.29, 0.717) is 39.8 Å². The van der Waals surface area contributed by atoms with Crippen LogP contribution in [0.25, 0.3) is 22.4 Å². The molecule has 0 saturated heterocycles. The minimum atomic E-state index is -0.413. The van der Waals surface area contributed by atoms with Gasteiger partial charge in [-0.3, -0.25) is 14.0 Å². The van der Waals surface area contributed by atoms with E-state index in [-0.39, 0.29) is 11.5 Å². The van der Waals surface area contributed by atoms with Gasteiger partial charge in [0, 0.05) is 12.6 Å². The van der Waals surface area contributed by atoms with Crippen LogP contribution in [0.1, 0.15) is 12.5 Å². The first-order chi connectivity index (χ1) is 17.6. The summed E-state index contributed by atoms with van der Waals surface area (Å²) in [5, 5.41) is 12.4. The second-order valence-electron chi connectivity index (χ2n) is 8.26. The van der Waals surface area contributed by atoms with E-state index < -0.39 is 5.25 Å². The van der Waals surface area contributed by atoms with Gasteiger partial charge in [-0.1, -0.05) is 60.3 Å². The Morgan fingerprint density at radius 2 is 1.81 bits per heavy atom. The lowest BCUT2D eigenvalue weighted by molar-refractivity contribution is -0.120. The topological polar surface area (TPSA) is 90.5 Å². The highest BCUT2D eigenvalue weighted by atomic mass is 32.2. The molecule has 0 spiro atoms. The van der Waals surface area contributed by atoms with Crippen LogP contribution in [0.15, 0.2) is 88.8 Å². The van der Waals surface area contributed by atoms with Crippen LogP contribution in [0.4, 0.5) is 0 Å². The van der Waals surface area contributed by atoms with Gasteiger partial charge in [-0.25, -0.2) is 4.57 Å². The van der Waals surface area contributed by atoms with Crippen LogP contribution in [0.2, 0.25) is 0 Å². The normalized spacial score (nSPS) is 12.1. The smallest absolute Gasteiger partial charge is 0.267 e. The Labute approximate surface area is 211 Å². The van der Waals surface area contributed by atoms with Crippen molar-refractivity contribution >= 4 is 34.3 Å². The van der Waals surface area contributed by atoms with Crippen LogP contribution < -0.4 is 15.6 Å². The summed E-state index contributed by atoms with van der Waals surface area (Å²) in [4.78, 5) is 26.3. The monoisotopic (exact) mass is 499 g/mol. The zero-order valence-corrected chi connectivity index (χ0v) is 20.7. The van der Waals surface area contributed by atoms with Crippen LogP contribution in [0.3, 0.4) is 0 Å². The third-order valence-electron chi connectivity index (χ3n) is 5.91. The molecule has 0 fully saturated rings. The number of fused-ring (bicyclic) bond motifs is 3. The summed E-state index contributed by atoms with van der Waals surface area (Å²) in [6.07, 6.45) is 0.759. The van der Waals surface area contributed by atoms with E-state index >= 15 is 0 Å². The average Bonchev–Trinajstić information content (AvgIpc) is 3.32. The van der Waals surface area contributed by atoms with Crippen LogP contribution in [0.5, 0.6) is 5.75 Å². The molecule has 0 bridgehead atoms. The van der Waals surface area contributed by atoms with E-state index in [0.717, 1.165) is 6.42 Å². The van der Waals surface area contributed by atoms with E-state index in [4.69, 9.17) is 4.74 Å². The number of hydrogen-bond donors (Lipinski definition) is 1. The first kappa shape index (κ1) is 23.6. The summed E-state index contributed by atoms with van der Waals surface area (Å²) in [7, 11) is 1.58. The molecule has 8 nitrogen and oxygen atoms in total. The number of amides is 1. The largest absolute Gasteiger partial charge is 0.497 e. The number of methoxy groups -OCH3 is 1. The molecule has 0 aliphatic rings. The molecule has 1 unspecified atom stereocenters. The van der Waals surface area contributed by atoms with Gasteiger partial charge in [0.2, 0.25) is 11.7 Å². The summed E-state index contributed by atoms with van der Waals surface area (Å²) in [5.74, 6) is 0.907. The van der Waals surface area contributed by atoms with Crippen molar-refractivity contribution in [2.24, 2.45) is 0 Å². The molecule has 0 aliphatic heterocycles. The molecule has 3 aromatic carbocycles. The van der Waals surface area contributed by atoms with Gasteiger partial charge in [0.15, 0.2) is 5.16 Å². The van der Waals surface area contributed by atoms with Crippen molar-refractivity contribution in [3.63, 3.8) is 0 Å². The molecule has 1 N–H and O–H groups in total. The number of carbonyl (C=O) groups is 1. The highest BCUT2D eigenvalue weighted by molar-refractivity contribution is 8.00. The highest BCUT2D eigenvalue weighted by Gasteiger charge is 2.22. The molecule has 5 rings (SSSR count). The fourth-order valence-electron chi connectivity index (χ4n) is 4.07. The Balaban J connectivity index is 1.48. The Kier molecular flexibility index (Phi) is 6.73. The quantitative estimate of drug-likeness (QED) is 0.326. The first-order valence-electron chi connectivity index (χ1n) is 11.6. The van der Waals surface area contributed by atoms with E-state index in [1.807, 2.05) is 78.1 Å². The van der Waals surface area contributed by atoms with Gasteiger partial charge >= 0.3 is 0 Å². The summed E-state index contributed by atoms with van der Waals surface area (Å²) < 4.78 is 8.70. The van der Waals surface area contributed by atoms with Crippen molar-refractivity contribution in [1.82, 2.24) is 24.5 Å². The summed E-state index contributed by atoms with van der Waals surface area (Å²) >= 11 is 1.30. The van der Waals surface area contributed by atoms with E-state index in [9.17, 15) is 9.59 Å². The Morgan fingerprint density at radius 3 is 2.61 bits per heavy atom.